The monoisotopic (exact) mass is 388 g/mol. The second-order valence-corrected chi connectivity index (χ2v) is 7.45. The summed E-state index contributed by atoms with van der Waals surface area (Å²) in [6.45, 7) is 1.62. The van der Waals surface area contributed by atoms with Gasteiger partial charge in [-0.05, 0) is 66.0 Å². The molecule has 8 heteroatoms. The fraction of sp³-hybridized carbons (Fsp3) is 0.167. The normalized spacial score (nSPS) is 15.6. The van der Waals surface area contributed by atoms with E-state index in [1.807, 2.05) is 18.4 Å². The average molecular weight is 388 g/mol. The first-order chi connectivity index (χ1) is 12.5. The van der Waals surface area contributed by atoms with Crippen molar-refractivity contribution in [2.24, 2.45) is 0 Å². The summed E-state index contributed by atoms with van der Waals surface area (Å²) in [6, 6.07) is 8.74. The molecule has 0 spiro atoms. The van der Waals surface area contributed by atoms with Crippen molar-refractivity contribution in [2.75, 3.05) is 19.0 Å². The number of carbonyl (C=O) groups is 3. The molecule has 0 bridgehead atoms. The fourth-order valence-corrected chi connectivity index (χ4v) is 4.06. The van der Waals surface area contributed by atoms with Gasteiger partial charge in [-0.2, -0.15) is 0 Å². The molecule has 0 aliphatic carbocycles. The number of nitrogens with zero attached hydrogens (tertiary/aromatic N) is 1. The van der Waals surface area contributed by atoms with E-state index in [0.717, 1.165) is 27.1 Å². The zero-order valence-electron chi connectivity index (χ0n) is 14.1. The smallest absolute Gasteiger partial charge is 0.294 e. The fourth-order valence-electron chi connectivity index (χ4n) is 2.31. The van der Waals surface area contributed by atoms with Crippen LogP contribution in [0.25, 0.3) is 6.08 Å². The SMILES string of the molecule is COc1ccc(NC(=O)CN2C(=O)S/C(=C/c3sccc3C)C2=O)cc1. The van der Waals surface area contributed by atoms with E-state index in [4.69, 9.17) is 4.74 Å². The van der Waals surface area contributed by atoms with Crippen LogP contribution in [0.5, 0.6) is 5.75 Å². The van der Waals surface area contributed by atoms with E-state index >= 15 is 0 Å². The number of ether oxygens (including phenoxy) is 1. The molecule has 1 aliphatic heterocycles. The standard InChI is InChI=1S/C18H16N2O4S2/c1-11-7-8-25-14(11)9-15-17(22)20(18(23)26-15)10-16(21)19-12-3-5-13(24-2)6-4-12/h3-9H,10H2,1-2H3,(H,19,21)/b15-9+. The van der Waals surface area contributed by atoms with Gasteiger partial charge in [-0.15, -0.1) is 11.3 Å². The zero-order chi connectivity index (χ0) is 18.7. The van der Waals surface area contributed by atoms with Crippen LogP contribution in [0.15, 0.2) is 40.6 Å². The molecule has 2 heterocycles. The highest BCUT2D eigenvalue weighted by molar-refractivity contribution is 8.18. The van der Waals surface area contributed by atoms with Gasteiger partial charge in [0.25, 0.3) is 11.1 Å². The lowest BCUT2D eigenvalue weighted by Gasteiger charge is -2.12. The van der Waals surface area contributed by atoms with Crippen molar-refractivity contribution >= 4 is 51.9 Å². The molecule has 1 aromatic carbocycles. The quantitative estimate of drug-likeness (QED) is 0.790. The van der Waals surface area contributed by atoms with E-state index in [1.54, 1.807) is 37.5 Å². The summed E-state index contributed by atoms with van der Waals surface area (Å²) in [5.41, 5.74) is 1.60. The minimum Gasteiger partial charge on any atom is -0.497 e. The Kier molecular flexibility index (Phi) is 5.43. The molecule has 134 valence electrons. The maximum absolute atomic E-state index is 12.4. The van der Waals surface area contributed by atoms with Gasteiger partial charge in [-0.25, -0.2) is 0 Å². The summed E-state index contributed by atoms with van der Waals surface area (Å²) in [5.74, 6) is -0.216. The minimum atomic E-state index is -0.447. The molecule has 0 radical (unpaired) electrons. The number of imide groups is 1. The summed E-state index contributed by atoms with van der Waals surface area (Å²) in [6.07, 6.45) is 1.70. The highest BCUT2D eigenvalue weighted by atomic mass is 32.2. The molecule has 1 aromatic heterocycles. The zero-order valence-corrected chi connectivity index (χ0v) is 15.8. The number of methoxy groups -OCH3 is 1. The molecule has 3 amide bonds. The molecule has 6 nitrogen and oxygen atoms in total. The number of hydrogen-bond acceptors (Lipinski definition) is 6. The van der Waals surface area contributed by atoms with Crippen molar-refractivity contribution < 1.29 is 19.1 Å². The van der Waals surface area contributed by atoms with Gasteiger partial charge in [-0.1, -0.05) is 0 Å². The minimum absolute atomic E-state index is 0.322. The number of hydrogen-bond donors (Lipinski definition) is 1. The highest BCUT2D eigenvalue weighted by Crippen LogP contribution is 2.33. The maximum atomic E-state index is 12.4. The molecule has 0 atom stereocenters. The third kappa shape index (κ3) is 3.97. The van der Waals surface area contributed by atoms with Gasteiger partial charge < -0.3 is 10.1 Å². The lowest BCUT2D eigenvalue weighted by atomic mass is 10.2. The highest BCUT2D eigenvalue weighted by Gasteiger charge is 2.36. The van der Waals surface area contributed by atoms with E-state index < -0.39 is 17.1 Å². The van der Waals surface area contributed by atoms with Gasteiger partial charge in [0.1, 0.15) is 12.3 Å². The number of benzene rings is 1. The first kappa shape index (κ1) is 18.2. The molecule has 26 heavy (non-hydrogen) atoms. The predicted molar refractivity (Wildman–Crippen MR) is 103 cm³/mol. The van der Waals surface area contributed by atoms with E-state index in [0.29, 0.717) is 16.3 Å². The van der Waals surface area contributed by atoms with Gasteiger partial charge in [0, 0.05) is 10.6 Å². The lowest BCUT2D eigenvalue weighted by molar-refractivity contribution is -0.127. The number of carbonyl (C=O) groups excluding carboxylic acids is 3. The third-order valence-electron chi connectivity index (χ3n) is 3.71. The van der Waals surface area contributed by atoms with Crippen LogP contribution in [-0.2, 0) is 9.59 Å². The maximum Gasteiger partial charge on any atom is 0.294 e. The Hall–Kier alpha value is -2.58. The van der Waals surface area contributed by atoms with Crippen molar-refractivity contribution in [3.63, 3.8) is 0 Å². The van der Waals surface area contributed by atoms with Crippen molar-refractivity contribution in [3.05, 3.63) is 51.1 Å². The number of amides is 3. The summed E-state index contributed by atoms with van der Waals surface area (Å²) >= 11 is 2.35. The largest absolute Gasteiger partial charge is 0.497 e. The molecular formula is C18H16N2O4S2. The predicted octanol–water partition coefficient (Wildman–Crippen LogP) is 3.74. The first-order valence-electron chi connectivity index (χ1n) is 7.71. The Balaban J connectivity index is 1.66. The molecule has 0 unspecified atom stereocenters. The van der Waals surface area contributed by atoms with E-state index in [1.165, 1.54) is 11.3 Å². The Morgan fingerprint density at radius 1 is 1.23 bits per heavy atom. The molecule has 3 rings (SSSR count). The number of thioether (sulfide) groups is 1. The van der Waals surface area contributed by atoms with Gasteiger partial charge in [-0.3, -0.25) is 19.3 Å². The van der Waals surface area contributed by atoms with Crippen molar-refractivity contribution in [2.45, 2.75) is 6.92 Å². The van der Waals surface area contributed by atoms with E-state index in [2.05, 4.69) is 5.32 Å². The number of rotatable bonds is 5. The van der Waals surface area contributed by atoms with Crippen LogP contribution in [0, 0.1) is 6.92 Å². The Morgan fingerprint density at radius 2 is 1.96 bits per heavy atom. The average Bonchev–Trinajstić information content (AvgIpc) is 3.14. The molecule has 1 saturated heterocycles. The Labute approximate surface area is 158 Å². The summed E-state index contributed by atoms with van der Waals surface area (Å²) in [5, 5.41) is 4.14. The second-order valence-electron chi connectivity index (χ2n) is 5.51. The number of nitrogens with one attached hydrogen (secondary N) is 1. The summed E-state index contributed by atoms with van der Waals surface area (Å²) < 4.78 is 5.05. The molecule has 0 saturated carbocycles. The van der Waals surface area contributed by atoms with Crippen molar-refractivity contribution in [1.82, 2.24) is 4.90 Å². The summed E-state index contributed by atoms with van der Waals surface area (Å²) in [4.78, 5) is 39.0. The molecule has 1 aliphatic rings. The number of anilines is 1. The van der Waals surface area contributed by atoms with Crippen LogP contribution in [0.4, 0.5) is 10.5 Å². The molecule has 2 aromatic rings. The number of thiophene rings is 1. The summed E-state index contributed by atoms with van der Waals surface area (Å²) in [7, 11) is 1.55. The lowest BCUT2D eigenvalue weighted by Crippen LogP contribution is -2.36. The first-order valence-corrected chi connectivity index (χ1v) is 9.41. The van der Waals surface area contributed by atoms with Crippen LogP contribution in [0.3, 0.4) is 0 Å². The van der Waals surface area contributed by atoms with E-state index in [9.17, 15) is 14.4 Å². The van der Waals surface area contributed by atoms with Gasteiger partial charge in [0.2, 0.25) is 5.91 Å². The second kappa shape index (κ2) is 7.76. The molecular weight excluding hydrogens is 372 g/mol. The Morgan fingerprint density at radius 3 is 2.58 bits per heavy atom. The van der Waals surface area contributed by atoms with Crippen LogP contribution >= 0.6 is 23.1 Å². The molecule has 1 fully saturated rings. The van der Waals surface area contributed by atoms with Gasteiger partial charge in [0.05, 0.1) is 12.0 Å². The van der Waals surface area contributed by atoms with E-state index in [-0.39, 0.29) is 6.54 Å². The van der Waals surface area contributed by atoms with Gasteiger partial charge >= 0.3 is 0 Å². The van der Waals surface area contributed by atoms with Crippen LogP contribution in [0.1, 0.15) is 10.4 Å². The van der Waals surface area contributed by atoms with Crippen LogP contribution in [-0.4, -0.2) is 35.6 Å². The van der Waals surface area contributed by atoms with Crippen LogP contribution < -0.4 is 10.1 Å². The Bertz CT molecular complexity index is 887. The topological polar surface area (TPSA) is 75.7 Å². The van der Waals surface area contributed by atoms with Crippen LogP contribution in [0.2, 0.25) is 0 Å². The van der Waals surface area contributed by atoms with Crippen molar-refractivity contribution in [3.8, 4) is 5.75 Å². The number of aryl methyl sites for hydroxylation is 1. The third-order valence-corrected chi connectivity index (χ3v) is 5.59. The van der Waals surface area contributed by atoms with Crippen molar-refractivity contribution in [1.29, 1.82) is 0 Å². The van der Waals surface area contributed by atoms with Gasteiger partial charge in [0.15, 0.2) is 0 Å². The molecule has 1 N–H and O–H groups in total.